The van der Waals surface area contributed by atoms with Crippen molar-refractivity contribution in [1.29, 1.82) is 0 Å². The zero-order valence-corrected chi connectivity index (χ0v) is 12.7. The van der Waals surface area contributed by atoms with Gasteiger partial charge in [-0.05, 0) is 42.0 Å². The van der Waals surface area contributed by atoms with E-state index in [9.17, 15) is 9.59 Å². The fourth-order valence-corrected chi connectivity index (χ4v) is 2.21. The molecule has 0 atom stereocenters. The van der Waals surface area contributed by atoms with E-state index in [-0.39, 0.29) is 12.3 Å². The normalized spacial score (nSPS) is 10.1. The Morgan fingerprint density at radius 2 is 1.86 bits per heavy atom. The average molecular weight is 319 g/mol. The van der Waals surface area contributed by atoms with Gasteiger partial charge in [0, 0.05) is 11.3 Å². The first-order valence-corrected chi connectivity index (χ1v) is 6.89. The topological polar surface area (TPSA) is 81.4 Å². The first kappa shape index (κ1) is 15.9. The van der Waals surface area contributed by atoms with Gasteiger partial charge < -0.3 is 15.8 Å². The summed E-state index contributed by atoms with van der Waals surface area (Å²) in [5.41, 5.74) is 6.91. The number of nitrogens with one attached hydrogen (secondary N) is 1. The molecule has 0 fully saturated rings. The highest BCUT2D eigenvalue weighted by atomic mass is 35.5. The summed E-state index contributed by atoms with van der Waals surface area (Å²) in [6, 6.07) is 11.5. The lowest BCUT2D eigenvalue weighted by Gasteiger charge is -2.08. The number of hydrogen-bond acceptors (Lipinski definition) is 3. The molecule has 0 saturated carbocycles. The molecule has 0 aliphatic carbocycles. The van der Waals surface area contributed by atoms with Crippen LogP contribution in [0.15, 0.2) is 42.5 Å². The van der Waals surface area contributed by atoms with Crippen molar-refractivity contribution in [2.45, 2.75) is 6.42 Å². The standard InChI is InChI=1S/C16H15ClN2O3/c1-22-14-7-2-10(8-13(14)17)9-15(20)19-12-5-3-11(4-6-12)16(18)21/h2-8H,9H2,1H3,(H2,18,21)(H,19,20). The van der Waals surface area contributed by atoms with Crippen molar-refractivity contribution in [3.8, 4) is 5.75 Å². The lowest BCUT2D eigenvalue weighted by Crippen LogP contribution is -2.15. The monoisotopic (exact) mass is 318 g/mol. The summed E-state index contributed by atoms with van der Waals surface area (Å²) in [6.45, 7) is 0. The van der Waals surface area contributed by atoms with Crippen LogP contribution in [0.25, 0.3) is 0 Å². The molecule has 0 saturated heterocycles. The van der Waals surface area contributed by atoms with Crippen molar-refractivity contribution >= 4 is 29.1 Å². The van der Waals surface area contributed by atoms with Crippen LogP contribution in [0.5, 0.6) is 5.75 Å². The van der Waals surface area contributed by atoms with E-state index in [2.05, 4.69) is 5.32 Å². The van der Waals surface area contributed by atoms with Gasteiger partial charge in [0.1, 0.15) is 5.75 Å². The van der Waals surface area contributed by atoms with Crippen LogP contribution in [0, 0.1) is 0 Å². The van der Waals surface area contributed by atoms with Gasteiger partial charge in [-0.25, -0.2) is 0 Å². The number of nitrogens with two attached hydrogens (primary N) is 1. The van der Waals surface area contributed by atoms with Crippen LogP contribution in [0.3, 0.4) is 0 Å². The number of anilines is 1. The number of benzene rings is 2. The SMILES string of the molecule is COc1ccc(CC(=O)Nc2ccc(C(N)=O)cc2)cc1Cl. The zero-order valence-electron chi connectivity index (χ0n) is 11.9. The Bertz CT molecular complexity index is 699. The number of methoxy groups -OCH3 is 1. The summed E-state index contributed by atoms with van der Waals surface area (Å²) in [7, 11) is 1.53. The molecule has 0 heterocycles. The van der Waals surface area contributed by atoms with Gasteiger partial charge in [0.15, 0.2) is 0 Å². The molecule has 114 valence electrons. The smallest absolute Gasteiger partial charge is 0.248 e. The van der Waals surface area contributed by atoms with Gasteiger partial charge in [-0.1, -0.05) is 17.7 Å². The number of carbonyl (C=O) groups excluding carboxylic acids is 2. The van der Waals surface area contributed by atoms with Crippen LogP contribution in [-0.2, 0) is 11.2 Å². The van der Waals surface area contributed by atoms with Crippen LogP contribution in [0.2, 0.25) is 5.02 Å². The van der Waals surface area contributed by atoms with Crippen LogP contribution in [0.4, 0.5) is 5.69 Å². The number of hydrogen-bond donors (Lipinski definition) is 2. The minimum absolute atomic E-state index is 0.182. The molecule has 3 N–H and O–H groups in total. The zero-order chi connectivity index (χ0) is 16.1. The van der Waals surface area contributed by atoms with Gasteiger partial charge in [0.05, 0.1) is 18.6 Å². The molecule has 0 spiro atoms. The van der Waals surface area contributed by atoms with Crippen LogP contribution >= 0.6 is 11.6 Å². The predicted molar refractivity (Wildman–Crippen MR) is 85.3 cm³/mol. The highest BCUT2D eigenvalue weighted by molar-refractivity contribution is 6.32. The lowest BCUT2D eigenvalue weighted by molar-refractivity contribution is -0.115. The van der Waals surface area contributed by atoms with E-state index < -0.39 is 5.91 Å². The first-order chi connectivity index (χ1) is 10.5. The summed E-state index contributed by atoms with van der Waals surface area (Å²) in [5, 5.41) is 3.20. The van der Waals surface area contributed by atoms with E-state index in [0.29, 0.717) is 22.0 Å². The summed E-state index contributed by atoms with van der Waals surface area (Å²) < 4.78 is 5.06. The molecule has 0 aliphatic rings. The van der Waals surface area contributed by atoms with Gasteiger partial charge in [-0.2, -0.15) is 0 Å². The third kappa shape index (κ3) is 3.99. The number of halogens is 1. The molecule has 0 radical (unpaired) electrons. The maximum atomic E-state index is 12.0. The molecule has 0 aromatic heterocycles. The molecular weight excluding hydrogens is 304 g/mol. The largest absolute Gasteiger partial charge is 0.495 e. The summed E-state index contributed by atoms with van der Waals surface area (Å²) >= 11 is 6.02. The van der Waals surface area contributed by atoms with E-state index in [1.165, 1.54) is 7.11 Å². The summed E-state index contributed by atoms with van der Waals surface area (Å²) in [6.07, 6.45) is 0.182. The second kappa shape index (κ2) is 6.95. The molecule has 5 nitrogen and oxygen atoms in total. The second-order valence-electron chi connectivity index (χ2n) is 4.64. The Hall–Kier alpha value is -2.53. The minimum Gasteiger partial charge on any atom is -0.495 e. The number of carbonyl (C=O) groups is 2. The lowest BCUT2D eigenvalue weighted by atomic mass is 10.1. The summed E-state index contributed by atoms with van der Waals surface area (Å²) in [5.74, 6) is -0.133. The molecule has 2 amide bonds. The van der Waals surface area contributed by atoms with Crippen LogP contribution in [0.1, 0.15) is 15.9 Å². The molecule has 0 bridgehead atoms. The minimum atomic E-state index is -0.509. The van der Waals surface area contributed by atoms with E-state index in [0.717, 1.165) is 5.56 Å². The Kier molecular flexibility index (Phi) is 5.01. The average Bonchev–Trinajstić information content (AvgIpc) is 2.48. The molecule has 2 aromatic carbocycles. The molecule has 0 aliphatic heterocycles. The second-order valence-corrected chi connectivity index (χ2v) is 5.04. The quantitative estimate of drug-likeness (QED) is 0.889. The van der Waals surface area contributed by atoms with Gasteiger partial charge in [0.25, 0.3) is 0 Å². The molecule has 2 aromatic rings. The number of ether oxygens (including phenoxy) is 1. The first-order valence-electron chi connectivity index (χ1n) is 6.51. The van der Waals surface area contributed by atoms with Crippen molar-refractivity contribution in [3.05, 3.63) is 58.6 Å². The van der Waals surface area contributed by atoms with E-state index in [4.69, 9.17) is 22.1 Å². The third-order valence-corrected chi connectivity index (χ3v) is 3.33. The van der Waals surface area contributed by atoms with Gasteiger partial charge in [-0.3, -0.25) is 9.59 Å². The van der Waals surface area contributed by atoms with Crippen molar-refractivity contribution in [2.24, 2.45) is 5.73 Å². The van der Waals surface area contributed by atoms with Gasteiger partial charge in [0.2, 0.25) is 11.8 Å². The fraction of sp³-hybridized carbons (Fsp3) is 0.125. The van der Waals surface area contributed by atoms with Crippen molar-refractivity contribution in [2.75, 3.05) is 12.4 Å². The highest BCUT2D eigenvalue weighted by Crippen LogP contribution is 2.25. The van der Waals surface area contributed by atoms with Crippen molar-refractivity contribution in [3.63, 3.8) is 0 Å². The third-order valence-electron chi connectivity index (χ3n) is 3.03. The summed E-state index contributed by atoms with van der Waals surface area (Å²) in [4.78, 5) is 23.0. The predicted octanol–water partition coefficient (Wildman–Crippen LogP) is 2.63. The number of primary amides is 1. The van der Waals surface area contributed by atoms with E-state index >= 15 is 0 Å². The Morgan fingerprint density at radius 1 is 1.18 bits per heavy atom. The maximum Gasteiger partial charge on any atom is 0.248 e. The molecular formula is C16H15ClN2O3. The van der Waals surface area contributed by atoms with Crippen LogP contribution in [-0.4, -0.2) is 18.9 Å². The molecule has 0 unspecified atom stereocenters. The Labute approximate surface area is 133 Å². The van der Waals surface area contributed by atoms with Crippen LogP contribution < -0.4 is 15.8 Å². The van der Waals surface area contributed by atoms with Crippen molar-refractivity contribution in [1.82, 2.24) is 0 Å². The highest BCUT2D eigenvalue weighted by Gasteiger charge is 2.08. The van der Waals surface area contributed by atoms with Crippen molar-refractivity contribution < 1.29 is 14.3 Å². The Morgan fingerprint density at radius 3 is 2.41 bits per heavy atom. The molecule has 22 heavy (non-hydrogen) atoms. The van der Waals surface area contributed by atoms with E-state index in [1.807, 2.05) is 0 Å². The Balaban J connectivity index is 2.00. The van der Waals surface area contributed by atoms with E-state index in [1.54, 1.807) is 42.5 Å². The van der Waals surface area contributed by atoms with Gasteiger partial charge >= 0.3 is 0 Å². The molecule has 2 rings (SSSR count). The molecule has 6 heteroatoms. The fourth-order valence-electron chi connectivity index (χ4n) is 1.93. The number of rotatable bonds is 5. The maximum absolute atomic E-state index is 12.0. The number of amides is 2. The van der Waals surface area contributed by atoms with Gasteiger partial charge in [-0.15, -0.1) is 0 Å².